The molecule has 5 heteroatoms. The van der Waals surface area contributed by atoms with Crippen LogP contribution in [0.4, 0.5) is 11.4 Å². The van der Waals surface area contributed by atoms with E-state index in [1.54, 1.807) is 19.2 Å². The first-order valence-corrected chi connectivity index (χ1v) is 5.84. The first kappa shape index (κ1) is 14.3. The van der Waals surface area contributed by atoms with E-state index in [9.17, 15) is 4.79 Å². The molecule has 0 aromatic heterocycles. The minimum atomic E-state index is -1.02. The highest BCUT2D eigenvalue weighted by molar-refractivity contribution is 5.94. The van der Waals surface area contributed by atoms with Crippen molar-refractivity contribution in [3.05, 3.63) is 23.8 Å². The Balaban J connectivity index is 2.84. The maximum Gasteiger partial charge on any atom is 0.337 e. The van der Waals surface area contributed by atoms with Crippen LogP contribution in [0.5, 0.6) is 0 Å². The van der Waals surface area contributed by atoms with Crippen LogP contribution in [-0.2, 0) is 4.74 Å². The smallest absolute Gasteiger partial charge is 0.337 e. The lowest BCUT2D eigenvalue weighted by atomic mass is 10.0. The third-order valence-corrected chi connectivity index (χ3v) is 2.78. The molecule has 1 unspecified atom stereocenters. The minimum Gasteiger partial charge on any atom is -0.478 e. The molecule has 0 amide bonds. The maximum absolute atomic E-state index is 10.8. The van der Waals surface area contributed by atoms with Crippen LogP contribution in [0.25, 0.3) is 0 Å². The summed E-state index contributed by atoms with van der Waals surface area (Å²) in [5.41, 5.74) is 6.87. The average molecular weight is 252 g/mol. The second-order valence-electron chi connectivity index (χ2n) is 4.56. The van der Waals surface area contributed by atoms with Crippen molar-refractivity contribution >= 4 is 17.3 Å². The predicted octanol–water partition coefficient (Wildman–Crippen LogP) is 2.05. The lowest BCUT2D eigenvalue weighted by Crippen LogP contribution is -2.30. The molecule has 1 atom stereocenters. The van der Waals surface area contributed by atoms with E-state index in [0.717, 1.165) is 5.69 Å². The number of hydrogen-bond acceptors (Lipinski definition) is 4. The fourth-order valence-electron chi connectivity index (χ4n) is 1.64. The molecule has 0 saturated heterocycles. The summed E-state index contributed by atoms with van der Waals surface area (Å²) in [5, 5.41) is 12.2. The fraction of sp³-hybridized carbons (Fsp3) is 0.462. The lowest BCUT2D eigenvalue weighted by molar-refractivity contribution is 0.0698. The van der Waals surface area contributed by atoms with Crippen molar-refractivity contribution in [1.82, 2.24) is 0 Å². The Morgan fingerprint density at radius 3 is 2.61 bits per heavy atom. The van der Waals surface area contributed by atoms with Gasteiger partial charge in [-0.1, -0.05) is 13.8 Å². The molecule has 0 heterocycles. The highest BCUT2D eigenvalue weighted by Crippen LogP contribution is 2.20. The first-order valence-electron chi connectivity index (χ1n) is 5.84. The zero-order chi connectivity index (χ0) is 13.7. The minimum absolute atomic E-state index is 0.119. The number of benzene rings is 1. The van der Waals surface area contributed by atoms with Gasteiger partial charge in [-0.3, -0.25) is 0 Å². The van der Waals surface area contributed by atoms with Crippen molar-refractivity contribution in [2.24, 2.45) is 5.92 Å². The van der Waals surface area contributed by atoms with Gasteiger partial charge in [-0.15, -0.1) is 0 Å². The summed E-state index contributed by atoms with van der Waals surface area (Å²) in [4.78, 5) is 10.8. The molecule has 1 rings (SSSR count). The molecule has 100 valence electrons. The van der Waals surface area contributed by atoms with Crippen molar-refractivity contribution in [1.29, 1.82) is 0 Å². The number of nitrogens with two attached hydrogens (primary N) is 1. The Labute approximate surface area is 107 Å². The van der Waals surface area contributed by atoms with Gasteiger partial charge in [0.25, 0.3) is 0 Å². The fourth-order valence-corrected chi connectivity index (χ4v) is 1.64. The number of rotatable bonds is 6. The summed E-state index contributed by atoms with van der Waals surface area (Å²) >= 11 is 0. The summed E-state index contributed by atoms with van der Waals surface area (Å²) in [5.74, 6) is -0.623. The number of carbonyl (C=O) groups is 1. The van der Waals surface area contributed by atoms with Gasteiger partial charge in [0.05, 0.1) is 18.2 Å². The SMILES string of the molecule is COCC(Nc1ccc(C(=O)O)c(N)c1)C(C)C. The quantitative estimate of drug-likeness (QED) is 0.675. The van der Waals surface area contributed by atoms with Gasteiger partial charge in [0, 0.05) is 18.5 Å². The molecule has 18 heavy (non-hydrogen) atoms. The maximum atomic E-state index is 10.8. The highest BCUT2D eigenvalue weighted by atomic mass is 16.5. The number of carboxylic acids is 1. The third-order valence-electron chi connectivity index (χ3n) is 2.78. The summed E-state index contributed by atoms with van der Waals surface area (Å²) < 4.78 is 5.14. The molecule has 0 aliphatic carbocycles. The number of ether oxygens (including phenoxy) is 1. The van der Waals surface area contributed by atoms with E-state index in [4.69, 9.17) is 15.6 Å². The molecule has 0 bridgehead atoms. The number of methoxy groups -OCH3 is 1. The molecule has 0 radical (unpaired) electrons. The molecule has 4 N–H and O–H groups in total. The van der Waals surface area contributed by atoms with Crippen LogP contribution in [0.15, 0.2) is 18.2 Å². The van der Waals surface area contributed by atoms with Gasteiger partial charge in [-0.25, -0.2) is 4.79 Å². The number of nitrogen functional groups attached to an aromatic ring is 1. The van der Waals surface area contributed by atoms with Gasteiger partial charge in [0.1, 0.15) is 0 Å². The Morgan fingerprint density at radius 2 is 2.17 bits per heavy atom. The largest absolute Gasteiger partial charge is 0.478 e. The lowest BCUT2D eigenvalue weighted by Gasteiger charge is -2.23. The molecule has 0 aliphatic heterocycles. The van der Waals surface area contributed by atoms with Crippen molar-refractivity contribution in [3.63, 3.8) is 0 Å². The van der Waals surface area contributed by atoms with E-state index in [1.807, 2.05) is 0 Å². The second-order valence-corrected chi connectivity index (χ2v) is 4.56. The number of carboxylic acid groups (broad SMARTS) is 1. The van der Waals surface area contributed by atoms with Crippen LogP contribution in [0, 0.1) is 5.92 Å². The van der Waals surface area contributed by atoms with Crippen LogP contribution in [-0.4, -0.2) is 30.8 Å². The number of nitrogens with one attached hydrogen (secondary N) is 1. The van der Waals surface area contributed by atoms with E-state index in [2.05, 4.69) is 19.2 Å². The molecule has 5 nitrogen and oxygen atoms in total. The van der Waals surface area contributed by atoms with Crippen LogP contribution in [0.3, 0.4) is 0 Å². The summed E-state index contributed by atoms with van der Waals surface area (Å²) in [6.45, 7) is 4.76. The van der Waals surface area contributed by atoms with E-state index in [0.29, 0.717) is 12.5 Å². The third kappa shape index (κ3) is 3.63. The average Bonchev–Trinajstić information content (AvgIpc) is 2.27. The monoisotopic (exact) mass is 252 g/mol. The van der Waals surface area contributed by atoms with Gasteiger partial charge in [-0.05, 0) is 24.1 Å². The zero-order valence-electron chi connectivity index (χ0n) is 10.9. The van der Waals surface area contributed by atoms with Crippen LogP contribution in [0.2, 0.25) is 0 Å². The molecule has 0 saturated carbocycles. The zero-order valence-corrected chi connectivity index (χ0v) is 10.9. The topological polar surface area (TPSA) is 84.6 Å². The van der Waals surface area contributed by atoms with Crippen LogP contribution >= 0.6 is 0 Å². The first-order chi connectivity index (χ1) is 8.45. The van der Waals surface area contributed by atoms with Crippen LogP contribution < -0.4 is 11.1 Å². The normalized spacial score (nSPS) is 12.4. The van der Waals surface area contributed by atoms with Gasteiger partial charge in [0.15, 0.2) is 0 Å². The highest BCUT2D eigenvalue weighted by Gasteiger charge is 2.14. The Bertz CT molecular complexity index is 419. The molecule has 0 aliphatic rings. The van der Waals surface area contributed by atoms with Gasteiger partial charge in [-0.2, -0.15) is 0 Å². The molecular formula is C13H20N2O3. The number of anilines is 2. The van der Waals surface area contributed by atoms with E-state index < -0.39 is 5.97 Å². The van der Waals surface area contributed by atoms with Gasteiger partial charge >= 0.3 is 5.97 Å². The summed E-state index contributed by atoms with van der Waals surface area (Å²) in [6.07, 6.45) is 0. The van der Waals surface area contributed by atoms with Crippen molar-refractivity contribution in [3.8, 4) is 0 Å². The van der Waals surface area contributed by atoms with E-state index >= 15 is 0 Å². The summed E-state index contributed by atoms with van der Waals surface area (Å²) in [6, 6.07) is 5.01. The standard InChI is InChI=1S/C13H20N2O3/c1-8(2)12(7-18-3)15-9-4-5-10(13(16)17)11(14)6-9/h4-6,8,12,15H,7,14H2,1-3H3,(H,16,17). The Morgan fingerprint density at radius 1 is 1.50 bits per heavy atom. The van der Waals surface area contributed by atoms with Crippen molar-refractivity contribution in [2.75, 3.05) is 24.8 Å². The molecule has 1 aromatic carbocycles. The van der Waals surface area contributed by atoms with E-state index in [-0.39, 0.29) is 17.3 Å². The predicted molar refractivity (Wildman–Crippen MR) is 71.9 cm³/mol. The number of hydrogen-bond donors (Lipinski definition) is 3. The Kier molecular flexibility index (Phi) is 4.97. The van der Waals surface area contributed by atoms with Gasteiger partial charge in [0.2, 0.25) is 0 Å². The molecule has 0 spiro atoms. The number of aromatic carboxylic acids is 1. The molecule has 1 aromatic rings. The molecular weight excluding hydrogens is 232 g/mol. The van der Waals surface area contributed by atoms with Crippen molar-refractivity contribution < 1.29 is 14.6 Å². The Hall–Kier alpha value is -1.75. The van der Waals surface area contributed by atoms with Crippen LogP contribution in [0.1, 0.15) is 24.2 Å². The molecule has 0 fully saturated rings. The van der Waals surface area contributed by atoms with Crippen molar-refractivity contribution in [2.45, 2.75) is 19.9 Å². The van der Waals surface area contributed by atoms with E-state index in [1.165, 1.54) is 6.07 Å². The van der Waals surface area contributed by atoms with Gasteiger partial charge < -0.3 is 20.9 Å². The summed E-state index contributed by atoms with van der Waals surface area (Å²) in [7, 11) is 1.65. The second kappa shape index (κ2) is 6.26.